The first-order chi connectivity index (χ1) is 13.6. The predicted molar refractivity (Wildman–Crippen MR) is 113 cm³/mol. The highest BCUT2D eigenvalue weighted by atomic mass is 16.3. The van der Waals surface area contributed by atoms with E-state index in [1.165, 1.54) is 30.4 Å². The molecule has 28 heavy (non-hydrogen) atoms. The van der Waals surface area contributed by atoms with Crippen LogP contribution in [0.4, 0.5) is 0 Å². The van der Waals surface area contributed by atoms with Crippen molar-refractivity contribution in [2.45, 2.75) is 39.2 Å². The van der Waals surface area contributed by atoms with E-state index in [1.54, 1.807) is 0 Å². The van der Waals surface area contributed by atoms with E-state index in [0.29, 0.717) is 12.3 Å². The SMILES string of the molecule is Cc1ccc(C(CNC(=O)c2oc3ccccc3c2C)N2CCCCC2)cc1. The summed E-state index contributed by atoms with van der Waals surface area (Å²) >= 11 is 0. The predicted octanol–water partition coefficient (Wildman–Crippen LogP) is 5.01. The third kappa shape index (κ3) is 3.83. The Labute approximate surface area is 166 Å². The molecule has 1 aliphatic rings. The number of hydrogen-bond acceptors (Lipinski definition) is 3. The van der Waals surface area contributed by atoms with Crippen LogP contribution < -0.4 is 5.32 Å². The van der Waals surface area contributed by atoms with E-state index in [0.717, 1.165) is 29.6 Å². The van der Waals surface area contributed by atoms with Gasteiger partial charge < -0.3 is 9.73 Å². The minimum absolute atomic E-state index is 0.136. The van der Waals surface area contributed by atoms with Crippen molar-refractivity contribution in [2.75, 3.05) is 19.6 Å². The quantitative estimate of drug-likeness (QED) is 0.681. The molecular weight excluding hydrogens is 348 g/mol. The molecule has 1 aliphatic heterocycles. The van der Waals surface area contributed by atoms with Gasteiger partial charge in [-0.3, -0.25) is 9.69 Å². The fourth-order valence-electron chi connectivity index (χ4n) is 4.14. The number of carbonyl (C=O) groups is 1. The van der Waals surface area contributed by atoms with Gasteiger partial charge in [0.15, 0.2) is 5.76 Å². The Hall–Kier alpha value is -2.59. The molecule has 2 aromatic carbocycles. The van der Waals surface area contributed by atoms with Crippen molar-refractivity contribution in [1.29, 1.82) is 0 Å². The number of carbonyl (C=O) groups excluding carboxylic acids is 1. The number of piperidine rings is 1. The highest BCUT2D eigenvalue weighted by molar-refractivity contribution is 5.98. The summed E-state index contributed by atoms with van der Waals surface area (Å²) in [6.07, 6.45) is 3.74. The van der Waals surface area contributed by atoms with E-state index >= 15 is 0 Å². The normalized spacial score (nSPS) is 16.2. The number of rotatable bonds is 5. The Morgan fingerprint density at radius 3 is 2.46 bits per heavy atom. The topological polar surface area (TPSA) is 45.5 Å². The molecule has 1 saturated heterocycles. The first-order valence-electron chi connectivity index (χ1n) is 10.2. The minimum atomic E-state index is -0.136. The van der Waals surface area contributed by atoms with Gasteiger partial charge >= 0.3 is 0 Å². The van der Waals surface area contributed by atoms with Gasteiger partial charge in [0.2, 0.25) is 0 Å². The molecule has 146 valence electrons. The lowest BCUT2D eigenvalue weighted by Crippen LogP contribution is -2.40. The third-order valence-electron chi connectivity index (χ3n) is 5.80. The van der Waals surface area contributed by atoms with E-state index in [-0.39, 0.29) is 11.9 Å². The van der Waals surface area contributed by atoms with Gasteiger partial charge in [-0.25, -0.2) is 0 Å². The zero-order valence-electron chi connectivity index (χ0n) is 16.7. The van der Waals surface area contributed by atoms with Crippen molar-refractivity contribution >= 4 is 16.9 Å². The van der Waals surface area contributed by atoms with Crippen LogP contribution in [0.15, 0.2) is 52.9 Å². The third-order valence-corrected chi connectivity index (χ3v) is 5.80. The maximum Gasteiger partial charge on any atom is 0.287 e. The largest absolute Gasteiger partial charge is 0.451 e. The van der Waals surface area contributed by atoms with Gasteiger partial charge in [0, 0.05) is 17.5 Å². The Kier molecular flexibility index (Phi) is 5.49. The van der Waals surface area contributed by atoms with Gasteiger partial charge in [-0.1, -0.05) is 54.4 Å². The number of fused-ring (bicyclic) bond motifs is 1. The lowest BCUT2D eigenvalue weighted by molar-refractivity contribution is 0.0898. The molecule has 1 N–H and O–H groups in total. The summed E-state index contributed by atoms with van der Waals surface area (Å²) in [4.78, 5) is 15.4. The summed E-state index contributed by atoms with van der Waals surface area (Å²) < 4.78 is 5.83. The van der Waals surface area contributed by atoms with Crippen LogP contribution in [-0.4, -0.2) is 30.4 Å². The average molecular weight is 377 g/mol. The standard InChI is InChI=1S/C24H28N2O2/c1-17-10-12-19(13-11-17)21(26-14-6-3-7-15-26)16-25-24(27)23-18(2)20-8-4-5-9-22(20)28-23/h4-5,8-13,21H,3,6-7,14-16H2,1-2H3,(H,25,27). The lowest BCUT2D eigenvalue weighted by atomic mass is 10.0. The van der Waals surface area contributed by atoms with Crippen molar-refractivity contribution < 1.29 is 9.21 Å². The van der Waals surface area contributed by atoms with Gasteiger partial charge in [-0.05, 0) is 51.4 Å². The average Bonchev–Trinajstić information content (AvgIpc) is 3.07. The molecule has 1 unspecified atom stereocenters. The Balaban J connectivity index is 1.53. The molecule has 0 saturated carbocycles. The zero-order valence-corrected chi connectivity index (χ0v) is 16.7. The molecule has 3 aromatic rings. The van der Waals surface area contributed by atoms with E-state index < -0.39 is 0 Å². The van der Waals surface area contributed by atoms with Crippen molar-refractivity contribution in [1.82, 2.24) is 10.2 Å². The molecule has 2 heterocycles. The van der Waals surface area contributed by atoms with Gasteiger partial charge in [-0.2, -0.15) is 0 Å². The van der Waals surface area contributed by atoms with Crippen LogP contribution >= 0.6 is 0 Å². The summed E-state index contributed by atoms with van der Waals surface area (Å²) in [5.74, 6) is 0.283. The zero-order chi connectivity index (χ0) is 19.5. The van der Waals surface area contributed by atoms with Crippen LogP contribution in [0.5, 0.6) is 0 Å². The second-order valence-corrected chi connectivity index (χ2v) is 7.79. The highest BCUT2D eigenvalue weighted by Crippen LogP contribution is 2.27. The Bertz CT molecular complexity index is 952. The number of furan rings is 1. The number of nitrogens with one attached hydrogen (secondary N) is 1. The van der Waals surface area contributed by atoms with Gasteiger partial charge in [-0.15, -0.1) is 0 Å². The summed E-state index contributed by atoms with van der Waals surface area (Å²) in [7, 11) is 0. The lowest BCUT2D eigenvalue weighted by Gasteiger charge is -2.35. The van der Waals surface area contributed by atoms with Crippen LogP contribution in [0.1, 0.15) is 52.5 Å². The van der Waals surface area contributed by atoms with Crippen LogP contribution in [-0.2, 0) is 0 Å². The van der Waals surface area contributed by atoms with Gasteiger partial charge in [0.05, 0.1) is 6.04 Å². The summed E-state index contributed by atoms with van der Waals surface area (Å²) in [6.45, 7) is 6.79. The molecular formula is C24H28N2O2. The number of nitrogens with zero attached hydrogens (tertiary/aromatic N) is 1. The van der Waals surface area contributed by atoms with Crippen molar-refractivity contribution in [2.24, 2.45) is 0 Å². The molecule has 4 heteroatoms. The monoisotopic (exact) mass is 376 g/mol. The second-order valence-electron chi connectivity index (χ2n) is 7.79. The number of hydrogen-bond donors (Lipinski definition) is 1. The summed E-state index contributed by atoms with van der Waals surface area (Å²) in [5, 5.41) is 4.14. The smallest absolute Gasteiger partial charge is 0.287 e. The van der Waals surface area contributed by atoms with Crippen molar-refractivity contribution in [3.63, 3.8) is 0 Å². The van der Waals surface area contributed by atoms with Gasteiger partial charge in [0.1, 0.15) is 5.58 Å². The summed E-state index contributed by atoms with van der Waals surface area (Å²) in [6, 6.07) is 16.7. The van der Waals surface area contributed by atoms with E-state index in [2.05, 4.69) is 41.4 Å². The molecule has 0 aliphatic carbocycles. The summed E-state index contributed by atoms with van der Waals surface area (Å²) in [5.41, 5.74) is 4.17. The minimum Gasteiger partial charge on any atom is -0.451 e. The van der Waals surface area contributed by atoms with Crippen molar-refractivity contribution in [3.05, 3.63) is 71.0 Å². The first kappa shape index (κ1) is 18.8. The number of benzene rings is 2. The molecule has 1 aromatic heterocycles. The Morgan fingerprint density at radius 2 is 1.75 bits per heavy atom. The van der Waals surface area contributed by atoms with Crippen LogP contribution in [0.25, 0.3) is 11.0 Å². The molecule has 4 rings (SSSR count). The second kappa shape index (κ2) is 8.19. The van der Waals surface area contributed by atoms with Crippen molar-refractivity contribution in [3.8, 4) is 0 Å². The Morgan fingerprint density at radius 1 is 1.04 bits per heavy atom. The maximum absolute atomic E-state index is 12.9. The van der Waals surface area contributed by atoms with Crippen LogP contribution in [0, 0.1) is 13.8 Å². The van der Waals surface area contributed by atoms with Crippen LogP contribution in [0.2, 0.25) is 0 Å². The van der Waals surface area contributed by atoms with Gasteiger partial charge in [0.25, 0.3) is 5.91 Å². The number of amides is 1. The molecule has 1 atom stereocenters. The van der Waals surface area contributed by atoms with E-state index in [4.69, 9.17) is 4.42 Å². The molecule has 0 radical (unpaired) electrons. The number of likely N-dealkylation sites (tertiary alicyclic amines) is 1. The van der Waals surface area contributed by atoms with E-state index in [9.17, 15) is 4.79 Å². The maximum atomic E-state index is 12.9. The molecule has 1 fully saturated rings. The molecule has 1 amide bonds. The number of para-hydroxylation sites is 1. The molecule has 0 bridgehead atoms. The molecule has 0 spiro atoms. The van der Waals surface area contributed by atoms with Crippen LogP contribution in [0.3, 0.4) is 0 Å². The number of aryl methyl sites for hydroxylation is 2. The highest BCUT2D eigenvalue weighted by Gasteiger charge is 2.24. The fourth-order valence-corrected chi connectivity index (χ4v) is 4.14. The first-order valence-corrected chi connectivity index (χ1v) is 10.2. The fraction of sp³-hybridized carbons (Fsp3) is 0.375. The molecule has 4 nitrogen and oxygen atoms in total. The van der Waals surface area contributed by atoms with E-state index in [1.807, 2.05) is 31.2 Å².